The van der Waals surface area contributed by atoms with Crippen LogP contribution >= 0.6 is 0 Å². The van der Waals surface area contributed by atoms with E-state index < -0.39 is 0 Å². The molecule has 0 atom stereocenters. The van der Waals surface area contributed by atoms with Gasteiger partial charge in [-0.15, -0.1) is 0 Å². The van der Waals surface area contributed by atoms with Gasteiger partial charge >= 0.3 is 0 Å². The second kappa shape index (κ2) is 8.75. The summed E-state index contributed by atoms with van der Waals surface area (Å²) < 4.78 is 5.46. The van der Waals surface area contributed by atoms with Crippen molar-refractivity contribution in [3.63, 3.8) is 0 Å². The van der Waals surface area contributed by atoms with Crippen molar-refractivity contribution in [1.82, 2.24) is 19.9 Å². The van der Waals surface area contributed by atoms with Gasteiger partial charge in [-0.2, -0.15) is 0 Å². The molecule has 1 aliphatic heterocycles. The normalized spacial score (nSPS) is 14.5. The Kier molecular flexibility index (Phi) is 5.64. The number of ether oxygens (including phenoxy) is 1. The Morgan fingerprint density at radius 1 is 0.879 bits per heavy atom. The van der Waals surface area contributed by atoms with Crippen LogP contribution in [0.1, 0.15) is 26.5 Å². The lowest BCUT2D eigenvalue weighted by atomic mass is 9.92. The molecule has 1 fully saturated rings. The molecule has 0 amide bonds. The Balaban J connectivity index is 1.49. The number of aromatic nitrogens is 4. The van der Waals surface area contributed by atoms with E-state index in [1.165, 1.54) is 0 Å². The van der Waals surface area contributed by atoms with Gasteiger partial charge < -0.3 is 15.0 Å². The number of hydrogen-bond donors (Lipinski definition) is 1. The van der Waals surface area contributed by atoms with Crippen molar-refractivity contribution >= 4 is 28.2 Å². The summed E-state index contributed by atoms with van der Waals surface area (Å²) in [4.78, 5) is 20.9. The first-order valence-electron chi connectivity index (χ1n) is 11.3. The minimum Gasteiger partial charge on any atom is -0.378 e. The van der Waals surface area contributed by atoms with E-state index >= 15 is 0 Å². The summed E-state index contributed by atoms with van der Waals surface area (Å²) in [7, 11) is 0. The van der Waals surface area contributed by atoms with E-state index in [2.05, 4.69) is 65.2 Å². The van der Waals surface area contributed by atoms with E-state index in [4.69, 9.17) is 14.7 Å². The molecule has 1 saturated heterocycles. The van der Waals surface area contributed by atoms with Crippen molar-refractivity contribution < 1.29 is 4.74 Å². The lowest BCUT2D eigenvalue weighted by Gasteiger charge is -2.26. The quantitative estimate of drug-likeness (QED) is 0.480. The zero-order valence-electron chi connectivity index (χ0n) is 19.2. The number of nitrogens with zero attached hydrogens (tertiary/aromatic N) is 5. The third kappa shape index (κ3) is 4.50. The van der Waals surface area contributed by atoms with E-state index in [0.717, 1.165) is 58.3 Å². The largest absolute Gasteiger partial charge is 0.378 e. The van der Waals surface area contributed by atoms with Crippen LogP contribution in [0.2, 0.25) is 0 Å². The first-order valence-corrected chi connectivity index (χ1v) is 11.3. The predicted octanol–water partition coefficient (Wildman–Crippen LogP) is 4.96. The van der Waals surface area contributed by atoms with Crippen LogP contribution in [0.5, 0.6) is 0 Å². The maximum absolute atomic E-state index is 5.46. The van der Waals surface area contributed by atoms with E-state index in [9.17, 15) is 0 Å². The Bertz CT molecular complexity index is 1260. The summed E-state index contributed by atoms with van der Waals surface area (Å²) in [6.45, 7) is 9.48. The molecule has 0 bridgehead atoms. The SMILES string of the molecule is CC(C)(C)c1ccc(Nc2ncc(-c3ccnc(N4CCOCC4)n3)c3ccccc23)cn1. The smallest absolute Gasteiger partial charge is 0.226 e. The molecule has 0 radical (unpaired) electrons. The van der Waals surface area contributed by atoms with E-state index in [0.29, 0.717) is 13.2 Å². The van der Waals surface area contributed by atoms with Gasteiger partial charge in [-0.25, -0.2) is 15.0 Å². The molecule has 0 saturated carbocycles. The zero-order chi connectivity index (χ0) is 22.8. The minimum atomic E-state index is 0.0166. The second-order valence-corrected chi connectivity index (χ2v) is 9.21. The molecule has 1 aliphatic rings. The number of pyridine rings is 2. The molecule has 0 spiro atoms. The molecule has 0 unspecified atom stereocenters. The molecule has 4 aromatic rings. The highest BCUT2D eigenvalue weighted by Crippen LogP contribution is 2.32. The van der Waals surface area contributed by atoms with Gasteiger partial charge in [0.05, 0.1) is 30.8 Å². The molecule has 33 heavy (non-hydrogen) atoms. The predicted molar refractivity (Wildman–Crippen MR) is 132 cm³/mol. The number of fused-ring (bicyclic) bond motifs is 1. The fraction of sp³-hybridized carbons (Fsp3) is 0.308. The number of morpholine rings is 1. The van der Waals surface area contributed by atoms with Gasteiger partial charge in [-0.3, -0.25) is 4.98 Å². The third-order valence-corrected chi connectivity index (χ3v) is 5.80. The van der Waals surface area contributed by atoms with Crippen molar-refractivity contribution in [1.29, 1.82) is 0 Å². The van der Waals surface area contributed by atoms with Crippen molar-refractivity contribution in [2.75, 3.05) is 36.5 Å². The fourth-order valence-electron chi connectivity index (χ4n) is 3.96. The van der Waals surface area contributed by atoms with Crippen LogP contribution in [0.4, 0.5) is 17.5 Å². The first-order chi connectivity index (χ1) is 16.0. The van der Waals surface area contributed by atoms with Crippen LogP contribution in [0.3, 0.4) is 0 Å². The third-order valence-electron chi connectivity index (χ3n) is 5.80. The number of benzene rings is 1. The number of anilines is 3. The zero-order valence-corrected chi connectivity index (χ0v) is 19.2. The average Bonchev–Trinajstić information content (AvgIpc) is 2.85. The van der Waals surface area contributed by atoms with Gasteiger partial charge in [0.2, 0.25) is 5.95 Å². The molecule has 168 valence electrons. The maximum atomic E-state index is 5.46. The van der Waals surface area contributed by atoms with Crippen molar-refractivity contribution in [3.05, 3.63) is 66.7 Å². The van der Waals surface area contributed by atoms with Crippen LogP contribution < -0.4 is 10.2 Å². The van der Waals surface area contributed by atoms with Crippen LogP contribution in [-0.4, -0.2) is 46.2 Å². The minimum absolute atomic E-state index is 0.0166. The summed E-state index contributed by atoms with van der Waals surface area (Å²) in [6, 6.07) is 14.3. The molecule has 1 aromatic carbocycles. The summed E-state index contributed by atoms with van der Waals surface area (Å²) >= 11 is 0. The van der Waals surface area contributed by atoms with E-state index in [1.807, 2.05) is 36.8 Å². The second-order valence-electron chi connectivity index (χ2n) is 9.21. The van der Waals surface area contributed by atoms with Crippen molar-refractivity contribution in [2.45, 2.75) is 26.2 Å². The Hall–Kier alpha value is -3.58. The van der Waals surface area contributed by atoms with Crippen molar-refractivity contribution in [3.8, 4) is 11.3 Å². The average molecular weight is 441 g/mol. The standard InChI is InChI=1S/C26H28N6O/c1-26(2,3)23-9-8-18(16-28-23)30-24-20-7-5-4-6-19(20)21(17-29-24)22-10-11-27-25(31-22)32-12-14-33-15-13-32/h4-11,16-17H,12-15H2,1-3H3,(H,29,30). The van der Waals surface area contributed by atoms with E-state index in [1.54, 1.807) is 0 Å². The molecular formula is C26H28N6O. The van der Waals surface area contributed by atoms with Crippen LogP contribution in [0.25, 0.3) is 22.0 Å². The molecule has 5 rings (SSSR count). The summed E-state index contributed by atoms with van der Waals surface area (Å²) in [5.41, 5.74) is 3.82. The fourth-order valence-corrected chi connectivity index (χ4v) is 3.96. The Morgan fingerprint density at radius 2 is 1.67 bits per heavy atom. The molecular weight excluding hydrogens is 412 g/mol. The topological polar surface area (TPSA) is 76.1 Å². The van der Waals surface area contributed by atoms with Gasteiger partial charge in [0, 0.05) is 47.5 Å². The Morgan fingerprint density at radius 3 is 2.39 bits per heavy atom. The van der Waals surface area contributed by atoms with Gasteiger partial charge in [0.25, 0.3) is 0 Å². The Labute approximate surface area is 193 Å². The number of rotatable bonds is 4. The summed E-state index contributed by atoms with van der Waals surface area (Å²) in [5, 5.41) is 5.55. The van der Waals surface area contributed by atoms with Gasteiger partial charge in [-0.1, -0.05) is 45.0 Å². The highest BCUT2D eigenvalue weighted by atomic mass is 16.5. The van der Waals surface area contributed by atoms with Gasteiger partial charge in [-0.05, 0) is 23.6 Å². The monoisotopic (exact) mass is 440 g/mol. The van der Waals surface area contributed by atoms with Gasteiger partial charge in [0.1, 0.15) is 5.82 Å². The lowest BCUT2D eigenvalue weighted by Crippen LogP contribution is -2.37. The lowest BCUT2D eigenvalue weighted by molar-refractivity contribution is 0.122. The first kappa shape index (κ1) is 21.3. The molecule has 1 N–H and O–H groups in total. The summed E-state index contributed by atoms with van der Waals surface area (Å²) in [5.74, 6) is 1.52. The molecule has 7 heteroatoms. The maximum Gasteiger partial charge on any atom is 0.226 e. The highest BCUT2D eigenvalue weighted by molar-refractivity contribution is 6.01. The van der Waals surface area contributed by atoms with Crippen LogP contribution in [-0.2, 0) is 10.2 Å². The van der Waals surface area contributed by atoms with Crippen LogP contribution in [0, 0.1) is 0 Å². The highest BCUT2D eigenvalue weighted by Gasteiger charge is 2.17. The van der Waals surface area contributed by atoms with Gasteiger partial charge in [0.15, 0.2) is 0 Å². The molecule has 4 heterocycles. The number of nitrogens with one attached hydrogen (secondary N) is 1. The molecule has 3 aromatic heterocycles. The van der Waals surface area contributed by atoms with Crippen molar-refractivity contribution in [2.24, 2.45) is 0 Å². The van der Waals surface area contributed by atoms with E-state index in [-0.39, 0.29) is 5.41 Å². The molecule has 0 aliphatic carbocycles. The number of hydrogen-bond acceptors (Lipinski definition) is 7. The molecule has 7 nitrogen and oxygen atoms in total. The van der Waals surface area contributed by atoms with Crippen LogP contribution in [0.15, 0.2) is 61.1 Å². The summed E-state index contributed by atoms with van der Waals surface area (Å²) in [6.07, 6.45) is 5.56.